The van der Waals surface area contributed by atoms with Crippen molar-refractivity contribution in [1.82, 2.24) is 15.3 Å². The van der Waals surface area contributed by atoms with Crippen LogP contribution in [0.4, 0.5) is 5.95 Å². The van der Waals surface area contributed by atoms with Gasteiger partial charge in [-0.25, -0.2) is 9.97 Å². The Kier molecular flexibility index (Phi) is 6.81. The first-order chi connectivity index (χ1) is 11.1. The third-order valence-corrected chi connectivity index (χ3v) is 4.46. The zero-order valence-electron chi connectivity index (χ0n) is 14.8. The van der Waals surface area contributed by atoms with Crippen LogP contribution >= 0.6 is 0 Å². The number of aromatic nitrogens is 2. The lowest BCUT2D eigenvalue weighted by atomic mass is 10.1. The summed E-state index contributed by atoms with van der Waals surface area (Å²) in [5, 5.41) is 3.02. The van der Waals surface area contributed by atoms with Crippen LogP contribution in [0.5, 0.6) is 0 Å². The van der Waals surface area contributed by atoms with E-state index in [9.17, 15) is 4.79 Å². The first-order valence-corrected chi connectivity index (χ1v) is 8.99. The number of nitrogens with one attached hydrogen (secondary N) is 1. The minimum absolute atomic E-state index is 0.0459. The van der Waals surface area contributed by atoms with Gasteiger partial charge in [-0.15, -0.1) is 0 Å². The molecule has 1 saturated heterocycles. The van der Waals surface area contributed by atoms with Crippen LogP contribution in [0.3, 0.4) is 0 Å². The summed E-state index contributed by atoms with van der Waals surface area (Å²) < 4.78 is 0. The standard InChI is InChI=1S/C18H30N4O/c1-4-10-17(23)20-14(2)16-13-19-18(21-15(16)3)22-11-8-6-5-7-9-12-22/h13-14H,4-12H2,1-3H3,(H,20,23). The monoisotopic (exact) mass is 318 g/mol. The molecule has 23 heavy (non-hydrogen) atoms. The van der Waals surface area contributed by atoms with Crippen molar-refractivity contribution < 1.29 is 4.79 Å². The molecule has 1 aromatic heterocycles. The summed E-state index contributed by atoms with van der Waals surface area (Å²) in [5.74, 6) is 0.924. The number of nitrogens with zero attached hydrogens (tertiary/aromatic N) is 3. The van der Waals surface area contributed by atoms with Crippen LogP contribution < -0.4 is 10.2 Å². The topological polar surface area (TPSA) is 58.1 Å². The number of hydrogen-bond donors (Lipinski definition) is 1. The highest BCUT2D eigenvalue weighted by Gasteiger charge is 2.16. The first-order valence-electron chi connectivity index (χ1n) is 8.99. The second-order valence-electron chi connectivity index (χ2n) is 6.50. The molecule has 1 aliphatic heterocycles. The lowest BCUT2D eigenvalue weighted by Crippen LogP contribution is -2.30. The highest BCUT2D eigenvalue weighted by atomic mass is 16.1. The van der Waals surface area contributed by atoms with Crippen LogP contribution in [0, 0.1) is 6.92 Å². The Morgan fingerprint density at radius 2 is 1.91 bits per heavy atom. The molecule has 1 aliphatic rings. The summed E-state index contributed by atoms with van der Waals surface area (Å²) in [7, 11) is 0. The Bertz CT molecular complexity index is 510. The van der Waals surface area contributed by atoms with Gasteiger partial charge in [0.1, 0.15) is 0 Å². The van der Waals surface area contributed by atoms with E-state index in [4.69, 9.17) is 4.98 Å². The predicted molar refractivity (Wildman–Crippen MR) is 93.5 cm³/mol. The fourth-order valence-corrected chi connectivity index (χ4v) is 3.11. The number of carbonyl (C=O) groups excluding carboxylic acids is 1. The molecule has 1 amide bonds. The number of aryl methyl sites for hydroxylation is 1. The van der Waals surface area contributed by atoms with Crippen molar-refractivity contribution in [2.24, 2.45) is 0 Å². The van der Waals surface area contributed by atoms with Gasteiger partial charge in [-0.05, 0) is 33.1 Å². The lowest BCUT2D eigenvalue weighted by molar-refractivity contribution is -0.121. The smallest absolute Gasteiger partial charge is 0.225 e. The number of rotatable bonds is 5. The molecule has 0 radical (unpaired) electrons. The maximum Gasteiger partial charge on any atom is 0.225 e. The van der Waals surface area contributed by atoms with E-state index in [-0.39, 0.29) is 11.9 Å². The molecule has 0 aliphatic carbocycles. The summed E-state index contributed by atoms with van der Waals surface area (Å²) in [4.78, 5) is 23.3. The summed E-state index contributed by atoms with van der Waals surface area (Å²) in [6.07, 6.45) is 9.69. The second kappa shape index (κ2) is 8.85. The van der Waals surface area contributed by atoms with E-state index < -0.39 is 0 Å². The Hall–Kier alpha value is -1.65. The van der Waals surface area contributed by atoms with Crippen molar-refractivity contribution in [3.63, 3.8) is 0 Å². The fraction of sp³-hybridized carbons (Fsp3) is 0.722. The summed E-state index contributed by atoms with van der Waals surface area (Å²) >= 11 is 0. The number of carbonyl (C=O) groups is 1. The second-order valence-corrected chi connectivity index (χ2v) is 6.50. The Balaban J connectivity index is 2.05. The molecular weight excluding hydrogens is 288 g/mol. The molecule has 5 nitrogen and oxygen atoms in total. The Morgan fingerprint density at radius 3 is 2.52 bits per heavy atom. The number of hydrogen-bond acceptors (Lipinski definition) is 4. The van der Waals surface area contributed by atoms with Gasteiger partial charge in [0.2, 0.25) is 11.9 Å². The molecule has 0 bridgehead atoms. The van der Waals surface area contributed by atoms with Gasteiger partial charge in [-0.2, -0.15) is 0 Å². The SMILES string of the molecule is CCCC(=O)NC(C)c1cnc(N2CCCCCCC2)nc1C. The highest BCUT2D eigenvalue weighted by Crippen LogP contribution is 2.20. The van der Waals surface area contributed by atoms with Crippen molar-refractivity contribution in [3.05, 3.63) is 17.5 Å². The molecule has 1 fully saturated rings. The minimum atomic E-state index is -0.0459. The number of anilines is 1. The molecule has 5 heteroatoms. The lowest BCUT2D eigenvalue weighted by Gasteiger charge is -2.25. The molecule has 0 saturated carbocycles. The molecule has 1 atom stereocenters. The summed E-state index contributed by atoms with van der Waals surface area (Å²) in [6, 6.07) is -0.0459. The van der Waals surface area contributed by atoms with Crippen molar-refractivity contribution in [2.75, 3.05) is 18.0 Å². The Morgan fingerprint density at radius 1 is 1.26 bits per heavy atom. The van der Waals surface area contributed by atoms with Gasteiger partial charge in [-0.1, -0.05) is 26.2 Å². The zero-order valence-corrected chi connectivity index (χ0v) is 14.8. The van der Waals surface area contributed by atoms with Crippen LogP contribution in [0.25, 0.3) is 0 Å². The van der Waals surface area contributed by atoms with Crippen LogP contribution in [0.15, 0.2) is 6.20 Å². The van der Waals surface area contributed by atoms with E-state index in [0.717, 1.165) is 36.7 Å². The Labute approximate surface area is 139 Å². The van der Waals surface area contributed by atoms with Gasteiger partial charge < -0.3 is 10.2 Å². The van der Waals surface area contributed by atoms with Crippen LogP contribution in [0.1, 0.15) is 76.1 Å². The summed E-state index contributed by atoms with van der Waals surface area (Å²) in [6.45, 7) is 8.10. The van der Waals surface area contributed by atoms with Gasteiger partial charge in [0.15, 0.2) is 0 Å². The van der Waals surface area contributed by atoms with E-state index in [2.05, 4.69) is 15.2 Å². The van der Waals surface area contributed by atoms with Crippen LogP contribution in [-0.2, 0) is 4.79 Å². The van der Waals surface area contributed by atoms with E-state index in [1.54, 1.807) is 0 Å². The van der Waals surface area contributed by atoms with Crippen molar-refractivity contribution in [1.29, 1.82) is 0 Å². The maximum atomic E-state index is 11.8. The predicted octanol–water partition coefficient (Wildman–Crippen LogP) is 3.53. The first kappa shape index (κ1) is 17.7. The van der Waals surface area contributed by atoms with E-state index in [1.165, 1.54) is 32.1 Å². The van der Waals surface area contributed by atoms with Crippen molar-refractivity contribution in [3.8, 4) is 0 Å². The fourth-order valence-electron chi connectivity index (χ4n) is 3.11. The van der Waals surface area contributed by atoms with Gasteiger partial charge in [0, 0.05) is 37.0 Å². The largest absolute Gasteiger partial charge is 0.349 e. The third kappa shape index (κ3) is 5.19. The van der Waals surface area contributed by atoms with Gasteiger partial charge in [0.05, 0.1) is 6.04 Å². The summed E-state index contributed by atoms with van der Waals surface area (Å²) in [5.41, 5.74) is 1.96. The van der Waals surface area contributed by atoms with Gasteiger partial charge in [0.25, 0.3) is 0 Å². The molecule has 2 rings (SSSR count). The zero-order chi connectivity index (χ0) is 16.7. The normalized spacial score (nSPS) is 17.3. The molecule has 2 heterocycles. The van der Waals surface area contributed by atoms with Crippen LogP contribution in [-0.4, -0.2) is 29.0 Å². The van der Waals surface area contributed by atoms with E-state index in [1.807, 2.05) is 27.0 Å². The molecular formula is C18H30N4O. The van der Waals surface area contributed by atoms with Crippen molar-refractivity contribution >= 4 is 11.9 Å². The van der Waals surface area contributed by atoms with Crippen molar-refractivity contribution in [2.45, 2.75) is 71.8 Å². The van der Waals surface area contributed by atoms with Gasteiger partial charge in [-0.3, -0.25) is 4.79 Å². The minimum Gasteiger partial charge on any atom is -0.349 e. The van der Waals surface area contributed by atoms with Crippen LogP contribution in [0.2, 0.25) is 0 Å². The average molecular weight is 318 g/mol. The molecule has 1 N–H and O–H groups in total. The highest BCUT2D eigenvalue weighted by molar-refractivity contribution is 5.76. The molecule has 1 unspecified atom stereocenters. The quantitative estimate of drug-likeness (QED) is 0.902. The molecule has 0 aromatic carbocycles. The maximum absolute atomic E-state index is 11.8. The van der Waals surface area contributed by atoms with E-state index in [0.29, 0.717) is 6.42 Å². The third-order valence-electron chi connectivity index (χ3n) is 4.46. The molecule has 1 aromatic rings. The van der Waals surface area contributed by atoms with Gasteiger partial charge >= 0.3 is 0 Å². The van der Waals surface area contributed by atoms with E-state index >= 15 is 0 Å². The number of amides is 1. The molecule has 0 spiro atoms. The average Bonchev–Trinajstić information content (AvgIpc) is 2.46. The molecule has 128 valence electrons.